The van der Waals surface area contributed by atoms with Gasteiger partial charge >= 0.3 is 5.97 Å². The molecule has 9 heteroatoms. The summed E-state index contributed by atoms with van der Waals surface area (Å²) in [5.41, 5.74) is 2.85. The molecule has 0 radical (unpaired) electrons. The highest BCUT2D eigenvalue weighted by Gasteiger charge is 2.15. The van der Waals surface area contributed by atoms with Gasteiger partial charge in [0.2, 0.25) is 0 Å². The molecule has 0 unspecified atom stereocenters. The Morgan fingerprint density at radius 3 is 1.97 bits per heavy atom. The first kappa shape index (κ1) is 26.8. The van der Waals surface area contributed by atoms with Crippen LogP contribution in [0.15, 0.2) is 66.7 Å². The summed E-state index contributed by atoms with van der Waals surface area (Å²) < 4.78 is 13.3. The molecular formula is C26H18Cl4FNO3. The quantitative estimate of drug-likeness (QED) is 0.269. The van der Waals surface area contributed by atoms with Crippen LogP contribution in [-0.2, 0) is 4.79 Å². The Morgan fingerprint density at radius 2 is 1.40 bits per heavy atom. The van der Waals surface area contributed by atoms with Crippen molar-refractivity contribution in [1.29, 1.82) is 0 Å². The van der Waals surface area contributed by atoms with Crippen molar-refractivity contribution < 1.29 is 19.1 Å². The van der Waals surface area contributed by atoms with Crippen LogP contribution < -0.4 is 5.32 Å². The van der Waals surface area contributed by atoms with Crippen molar-refractivity contribution in [1.82, 2.24) is 5.32 Å². The number of carbonyl (C=O) groups is 2. The Kier molecular flexibility index (Phi) is 8.98. The molecule has 2 N–H and O–H groups in total. The maximum Gasteiger partial charge on any atom is 0.322 e. The van der Waals surface area contributed by atoms with Crippen LogP contribution >= 0.6 is 46.4 Å². The molecule has 0 heterocycles. The van der Waals surface area contributed by atoms with Crippen LogP contribution in [0.3, 0.4) is 0 Å². The Bertz CT molecular complexity index is 1380. The molecule has 0 spiro atoms. The average molecular weight is 553 g/mol. The van der Waals surface area contributed by atoms with E-state index in [4.69, 9.17) is 51.5 Å². The second kappa shape index (κ2) is 11.7. The minimum absolute atomic E-state index is 0.0853. The maximum absolute atomic E-state index is 13.3. The van der Waals surface area contributed by atoms with Crippen molar-refractivity contribution in [2.75, 3.05) is 6.54 Å². The molecule has 0 atom stereocenters. The van der Waals surface area contributed by atoms with Crippen LogP contribution in [0.25, 0.3) is 21.9 Å². The fourth-order valence-corrected chi connectivity index (χ4v) is 4.66. The molecule has 4 aromatic carbocycles. The Hall–Kier alpha value is -2.83. The van der Waals surface area contributed by atoms with E-state index in [9.17, 15) is 14.0 Å². The molecule has 0 aromatic heterocycles. The minimum Gasteiger partial charge on any atom is -0.480 e. The highest BCUT2D eigenvalue weighted by molar-refractivity contribution is 6.40. The number of fused-ring (bicyclic) bond motifs is 1. The average Bonchev–Trinajstić information content (AvgIpc) is 2.79. The highest BCUT2D eigenvalue weighted by Crippen LogP contribution is 2.39. The van der Waals surface area contributed by atoms with Crippen molar-refractivity contribution in [3.05, 3.63) is 104 Å². The van der Waals surface area contributed by atoms with Crippen molar-refractivity contribution in [2.45, 2.75) is 6.92 Å². The smallest absolute Gasteiger partial charge is 0.322 e. The van der Waals surface area contributed by atoms with Gasteiger partial charge in [0.1, 0.15) is 12.4 Å². The number of carboxylic acids is 1. The van der Waals surface area contributed by atoms with Gasteiger partial charge in [-0.2, -0.15) is 0 Å². The first-order chi connectivity index (χ1) is 16.6. The van der Waals surface area contributed by atoms with Crippen LogP contribution in [0.1, 0.15) is 15.9 Å². The summed E-state index contributed by atoms with van der Waals surface area (Å²) in [5.74, 6) is -2.17. The molecule has 0 bridgehead atoms. The minimum atomic E-state index is -1.13. The number of carboxylic acid groups (broad SMARTS) is 1. The van der Waals surface area contributed by atoms with Crippen LogP contribution in [0.5, 0.6) is 0 Å². The van der Waals surface area contributed by atoms with E-state index in [1.807, 2.05) is 30.3 Å². The summed E-state index contributed by atoms with van der Waals surface area (Å²) in [6, 6.07) is 19.2. The van der Waals surface area contributed by atoms with Gasteiger partial charge in [-0.1, -0.05) is 88.9 Å². The lowest BCUT2D eigenvalue weighted by Crippen LogP contribution is -2.29. The molecule has 4 rings (SSSR count). The van der Waals surface area contributed by atoms with Crippen molar-refractivity contribution >= 4 is 69.1 Å². The Morgan fingerprint density at radius 1 is 0.829 bits per heavy atom. The van der Waals surface area contributed by atoms with E-state index in [2.05, 4.69) is 18.3 Å². The van der Waals surface area contributed by atoms with E-state index < -0.39 is 24.2 Å². The van der Waals surface area contributed by atoms with E-state index >= 15 is 0 Å². The third-order valence-corrected chi connectivity index (χ3v) is 6.23. The second-order valence-electron chi connectivity index (χ2n) is 7.39. The van der Waals surface area contributed by atoms with Gasteiger partial charge in [0.15, 0.2) is 0 Å². The van der Waals surface area contributed by atoms with Crippen molar-refractivity contribution in [3.8, 4) is 11.1 Å². The monoisotopic (exact) mass is 551 g/mol. The fraction of sp³-hybridized carbons (Fsp3) is 0.0769. The van der Waals surface area contributed by atoms with Crippen molar-refractivity contribution in [2.24, 2.45) is 0 Å². The number of rotatable bonds is 4. The zero-order valence-electron chi connectivity index (χ0n) is 18.2. The number of amides is 1. The van der Waals surface area contributed by atoms with Gasteiger partial charge in [-0.25, -0.2) is 4.39 Å². The first-order valence-corrected chi connectivity index (χ1v) is 11.7. The SMILES string of the molecule is Cc1ccc(-c2c(Cl)cc(F)cc2Cl)c2ccccc12.O=C(O)CNC(=O)c1c(Cl)cccc1Cl. The van der Waals surface area contributed by atoms with E-state index in [1.165, 1.54) is 29.8 Å². The Balaban J connectivity index is 0.000000205. The van der Waals surface area contributed by atoms with Crippen LogP contribution in [-0.4, -0.2) is 23.5 Å². The standard InChI is InChI=1S/C17H11Cl2F.C9H7Cl2NO3/c1-10-6-7-14(13-5-3-2-4-12(10)13)17-15(18)8-11(20)9-16(17)19;10-5-2-1-3-6(11)8(5)9(15)12-4-7(13)14/h2-9H,1H3;1-3H,4H2,(H,12,15)(H,13,14). The first-order valence-electron chi connectivity index (χ1n) is 10.2. The van der Waals surface area contributed by atoms with Gasteiger partial charge in [0.25, 0.3) is 5.91 Å². The van der Waals surface area contributed by atoms with Gasteiger partial charge in [-0.3, -0.25) is 9.59 Å². The number of hydrogen-bond donors (Lipinski definition) is 2. The number of carbonyl (C=O) groups excluding carboxylic acids is 1. The van der Waals surface area contributed by atoms with E-state index in [0.29, 0.717) is 15.6 Å². The molecule has 180 valence electrons. The van der Waals surface area contributed by atoms with Gasteiger partial charge < -0.3 is 10.4 Å². The predicted octanol–water partition coefficient (Wildman–Crippen LogP) is 8.07. The van der Waals surface area contributed by atoms with Crippen molar-refractivity contribution in [3.63, 3.8) is 0 Å². The zero-order valence-corrected chi connectivity index (χ0v) is 21.2. The summed E-state index contributed by atoms with van der Waals surface area (Å²) in [6.45, 7) is 1.58. The van der Waals surface area contributed by atoms with E-state index in [0.717, 1.165) is 16.3 Å². The molecule has 4 aromatic rings. The van der Waals surface area contributed by atoms with Gasteiger partial charge in [0.05, 0.1) is 25.7 Å². The van der Waals surface area contributed by atoms with Gasteiger partial charge in [-0.15, -0.1) is 0 Å². The van der Waals surface area contributed by atoms with Crippen LogP contribution in [0.2, 0.25) is 20.1 Å². The highest BCUT2D eigenvalue weighted by atomic mass is 35.5. The van der Waals surface area contributed by atoms with Gasteiger partial charge in [-0.05, 0) is 53.1 Å². The number of aryl methyl sites for hydroxylation is 1. The number of aliphatic carboxylic acids is 1. The third kappa shape index (κ3) is 6.44. The molecule has 0 aliphatic rings. The largest absolute Gasteiger partial charge is 0.480 e. The van der Waals surface area contributed by atoms with E-state index in [-0.39, 0.29) is 15.6 Å². The number of nitrogens with one attached hydrogen (secondary N) is 1. The summed E-state index contributed by atoms with van der Waals surface area (Å²) in [7, 11) is 0. The van der Waals surface area contributed by atoms with Gasteiger partial charge in [0, 0.05) is 5.56 Å². The molecule has 0 aliphatic carbocycles. The molecule has 0 fully saturated rings. The summed E-state index contributed by atoms with van der Waals surface area (Å²) in [6.07, 6.45) is 0. The maximum atomic E-state index is 13.3. The molecule has 0 aliphatic heterocycles. The molecule has 0 saturated heterocycles. The fourth-order valence-electron chi connectivity index (χ4n) is 3.43. The molecule has 35 heavy (non-hydrogen) atoms. The number of benzene rings is 4. The van der Waals surface area contributed by atoms with Crippen LogP contribution in [0.4, 0.5) is 4.39 Å². The molecule has 0 saturated carbocycles. The molecule has 4 nitrogen and oxygen atoms in total. The summed E-state index contributed by atoms with van der Waals surface area (Å²) in [4.78, 5) is 21.7. The summed E-state index contributed by atoms with van der Waals surface area (Å²) >= 11 is 23.9. The topological polar surface area (TPSA) is 66.4 Å². The zero-order chi connectivity index (χ0) is 25.7. The number of hydrogen-bond acceptors (Lipinski definition) is 2. The van der Waals surface area contributed by atoms with E-state index in [1.54, 1.807) is 6.07 Å². The predicted molar refractivity (Wildman–Crippen MR) is 141 cm³/mol. The molecular weight excluding hydrogens is 535 g/mol. The second-order valence-corrected chi connectivity index (χ2v) is 9.02. The number of halogens is 5. The lowest BCUT2D eigenvalue weighted by Gasteiger charge is -2.12. The summed E-state index contributed by atoms with van der Waals surface area (Å²) in [5, 5.41) is 13.8. The van der Waals surface area contributed by atoms with Crippen LogP contribution in [0, 0.1) is 12.7 Å². The lowest BCUT2D eigenvalue weighted by molar-refractivity contribution is -0.135. The third-order valence-electron chi connectivity index (χ3n) is 5.01. The lowest BCUT2D eigenvalue weighted by atomic mass is 9.95. The molecule has 1 amide bonds. The normalized spacial score (nSPS) is 10.5. The Labute approximate surface area is 221 Å².